The first-order valence-corrected chi connectivity index (χ1v) is 9.92. The van der Waals surface area contributed by atoms with Gasteiger partial charge in [-0.3, -0.25) is 0 Å². The molecule has 7 heteroatoms. The summed E-state index contributed by atoms with van der Waals surface area (Å²) in [6.45, 7) is 6.52. The monoisotopic (exact) mass is 375 g/mol. The Hall–Kier alpha value is -2.15. The summed E-state index contributed by atoms with van der Waals surface area (Å²) in [6, 6.07) is 5.90. The van der Waals surface area contributed by atoms with E-state index in [4.69, 9.17) is 4.74 Å². The van der Waals surface area contributed by atoms with Gasteiger partial charge in [0.1, 0.15) is 4.88 Å². The van der Waals surface area contributed by atoms with Gasteiger partial charge in [0.05, 0.1) is 12.3 Å². The molecule has 1 saturated heterocycles. The van der Waals surface area contributed by atoms with Crippen molar-refractivity contribution in [1.29, 1.82) is 0 Å². The third-order valence-electron chi connectivity index (χ3n) is 4.85. The fraction of sp³-hybridized carbons (Fsp3) is 0.526. The molecule has 6 nitrogen and oxygen atoms in total. The number of anilines is 1. The molecule has 0 atom stereocenters. The maximum atomic E-state index is 11.2. The van der Waals surface area contributed by atoms with Gasteiger partial charge in [0.2, 0.25) is 0 Å². The van der Waals surface area contributed by atoms with Crippen molar-refractivity contribution in [3.8, 4) is 5.06 Å². The van der Waals surface area contributed by atoms with Crippen LogP contribution in [0.15, 0.2) is 18.2 Å². The highest BCUT2D eigenvalue weighted by molar-refractivity contribution is 7.15. The number of carboxylic acids is 1. The average molecular weight is 375 g/mol. The zero-order valence-corrected chi connectivity index (χ0v) is 16.1. The molecule has 3 heterocycles. The largest absolute Gasteiger partial charge is 0.484 e. The van der Waals surface area contributed by atoms with Gasteiger partial charge in [0, 0.05) is 13.1 Å². The lowest BCUT2D eigenvalue weighted by Gasteiger charge is -2.32. The molecule has 0 saturated carbocycles. The van der Waals surface area contributed by atoms with Crippen LogP contribution in [0.4, 0.5) is 5.82 Å². The van der Waals surface area contributed by atoms with Crippen LogP contribution in [0.5, 0.6) is 5.06 Å². The number of aryl methyl sites for hydroxylation is 2. The Bertz CT molecular complexity index is 737. The Labute approximate surface area is 157 Å². The molecule has 3 rings (SSSR count). The topological polar surface area (TPSA) is 75.5 Å². The van der Waals surface area contributed by atoms with Gasteiger partial charge in [-0.1, -0.05) is 18.3 Å². The van der Waals surface area contributed by atoms with E-state index >= 15 is 0 Å². The minimum absolute atomic E-state index is 0.398. The minimum Gasteiger partial charge on any atom is -0.484 e. The summed E-state index contributed by atoms with van der Waals surface area (Å²) in [4.78, 5) is 13.9. The summed E-state index contributed by atoms with van der Waals surface area (Å²) >= 11 is 1.23. The highest BCUT2D eigenvalue weighted by atomic mass is 32.1. The van der Waals surface area contributed by atoms with E-state index in [1.807, 2.05) is 32.0 Å². The average Bonchev–Trinajstić information content (AvgIpc) is 3.07. The van der Waals surface area contributed by atoms with E-state index < -0.39 is 5.97 Å². The van der Waals surface area contributed by atoms with E-state index in [1.54, 1.807) is 0 Å². The summed E-state index contributed by atoms with van der Waals surface area (Å²) in [5.74, 6) is 0.722. The molecule has 1 aliphatic heterocycles. The van der Waals surface area contributed by atoms with Gasteiger partial charge in [-0.05, 0) is 62.3 Å². The minimum atomic E-state index is -0.867. The van der Waals surface area contributed by atoms with Crippen molar-refractivity contribution >= 4 is 23.1 Å². The Morgan fingerprint density at radius 3 is 2.69 bits per heavy atom. The summed E-state index contributed by atoms with van der Waals surface area (Å²) < 4.78 is 5.83. The third-order valence-corrected chi connectivity index (χ3v) is 5.93. The molecule has 0 aromatic carbocycles. The maximum absolute atomic E-state index is 11.2. The van der Waals surface area contributed by atoms with Crippen LogP contribution in [0.25, 0.3) is 0 Å². The lowest BCUT2D eigenvalue weighted by molar-refractivity contribution is 0.0701. The number of aromatic nitrogens is 2. The zero-order chi connectivity index (χ0) is 18.5. The van der Waals surface area contributed by atoms with Crippen LogP contribution in [0, 0.1) is 12.8 Å². The van der Waals surface area contributed by atoms with Crippen LogP contribution in [-0.4, -0.2) is 41.0 Å². The third kappa shape index (κ3) is 4.52. The fourth-order valence-corrected chi connectivity index (χ4v) is 4.22. The van der Waals surface area contributed by atoms with E-state index in [2.05, 4.69) is 15.1 Å². The second-order valence-electron chi connectivity index (χ2n) is 6.68. The number of aromatic carboxylic acids is 1. The van der Waals surface area contributed by atoms with Gasteiger partial charge in [-0.2, -0.15) is 5.10 Å². The highest BCUT2D eigenvalue weighted by Gasteiger charge is 2.21. The first-order valence-electron chi connectivity index (χ1n) is 9.11. The van der Waals surface area contributed by atoms with Crippen molar-refractivity contribution in [3.63, 3.8) is 0 Å². The van der Waals surface area contributed by atoms with Crippen molar-refractivity contribution in [3.05, 3.63) is 34.3 Å². The number of ether oxygens (including phenoxy) is 1. The molecule has 0 spiro atoms. The maximum Gasteiger partial charge on any atom is 0.346 e. The molecule has 0 bridgehead atoms. The van der Waals surface area contributed by atoms with E-state index in [-0.39, 0.29) is 0 Å². The molecule has 1 N–H and O–H groups in total. The van der Waals surface area contributed by atoms with Crippen LogP contribution in [-0.2, 0) is 6.42 Å². The lowest BCUT2D eigenvalue weighted by Crippen LogP contribution is -2.34. The first kappa shape index (κ1) is 18.6. The number of hydrogen-bond donors (Lipinski definition) is 1. The summed E-state index contributed by atoms with van der Waals surface area (Å²) in [5.41, 5.74) is 1.79. The second kappa shape index (κ2) is 8.49. The Morgan fingerprint density at radius 1 is 1.35 bits per heavy atom. The molecular formula is C19H25N3O3S. The Kier molecular flexibility index (Phi) is 6.08. The highest BCUT2D eigenvalue weighted by Crippen LogP contribution is 2.30. The first-order chi connectivity index (χ1) is 12.6. The lowest BCUT2D eigenvalue weighted by atomic mass is 9.94. The van der Waals surface area contributed by atoms with Crippen LogP contribution in [0.1, 0.15) is 47.1 Å². The standard InChI is InChI=1S/C19H25N3O3S/c1-3-15-12-17(26-18(15)19(23)24)25-11-8-14-6-9-22(10-7-14)16-5-4-13(2)20-21-16/h4-5,12,14H,3,6-11H2,1-2H3,(H,23,24). The number of thiophene rings is 1. The van der Waals surface area contributed by atoms with Crippen LogP contribution in [0.3, 0.4) is 0 Å². The van der Waals surface area contributed by atoms with Gasteiger partial charge in [0.25, 0.3) is 0 Å². The number of nitrogens with zero attached hydrogens (tertiary/aromatic N) is 3. The predicted molar refractivity (Wildman–Crippen MR) is 102 cm³/mol. The number of carboxylic acid groups (broad SMARTS) is 1. The van der Waals surface area contributed by atoms with Crippen molar-refractivity contribution in [2.45, 2.75) is 39.5 Å². The predicted octanol–water partition coefficient (Wildman–Crippen LogP) is 3.79. The van der Waals surface area contributed by atoms with Crippen LogP contribution >= 0.6 is 11.3 Å². The summed E-state index contributed by atoms with van der Waals surface area (Å²) in [7, 11) is 0. The molecule has 0 unspecified atom stereocenters. The number of rotatable bonds is 7. The van der Waals surface area contributed by atoms with Crippen molar-refractivity contribution in [2.75, 3.05) is 24.6 Å². The fourth-order valence-electron chi connectivity index (χ4n) is 3.26. The van der Waals surface area contributed by atoms with Crippen molar-refractivity contribution < 1.29 is 14.6 Å². The Balaban J connectivity index is 1.44. The van der Waals surface area contributed by atoms with Gasteiger partial charge in [-0.15, -0.1) is 5.10 Å². The van der Waals surface area contributed by atoms with E-state index in [0.717, 1.165) is 49.4 Å². The normalized spacial score (nSPS) is 15.2. The number of carbonyl (C=O) groups is 1. The second-order valence-corrected chi connectivity index (χ2v) is 7.69. The molecule has 0 amide bonds. The van der Waals surface area contributed by atoms with E-state index in [1.165, 1.54) is 11.3 Å². The molecule has 0 radical (unpaired) electrons. The van der Waals surface area contributed by atoms with E-state index in [0.29, 0.717) is 28.9 Å². The molecule has 0 aliphatic carbocycles. The van der Waals surface area contributed by atoms with Gasteiger partial charge < -0.3 is 14.7 Å². The van der Waals surface area contributed by atoms with Gasteiger partial charge in [-0.25, -0.2) is 4.79 Å². The molecule has 140 valence electrons. The summed E-state index contributed by atoms with van der Waals surface area (Å²) in [6.07, 6.45) is 3.94. The van der Waals surface area contributed by atoms with Gasteiger partial charge >= 0.3 is 5.97 Å². The van der Waals surface area contributed by atoms with E-state index in [9.17, 15) is 9.90 Å². The van der Waals surface area contributed by atoms with Crippen molar-refractivity contribution in [1.82, 2.24) is 10.2 Å². The quantitative estimate of drug-likeness (QED) is 0.793. The van der Waals surface area contributed by atoms with Crippen LogP contribution < -0.4 is 9.64 Å². The smallest absolute Gasteiger partial charge is 0.346 e. The number of piperidine rings is 1. The molecule has 2 aromatic rings. The molecule has 1 aliphatic rings. The molecular weight excluding hydrogens is 350 g/mol. The molecule has 1 fully saturated rings. The number of hydrogen-bond acceptors (Lipinski definition) is 6. The van der Waals surface area contributed by atoms with Crippen molar-refractivity contribution in [2.24, 2.45) is 5.92 Å². The summed E-state index contributed by atoms with van der Waals surface area (Å²) in [5, 5.41) is 18.3. The van der Waals surface area contributed by atoms with Gasteiger partial charge in [0.15, 0.2) is 10.9 Å². The zero-order valence-electron chi connectivity index (χ0n) is 15.3. The van der Waals surface area contributed by atoms with Crippen LogP contribution in [0.2, 0.25) is 0 Å². The molecule has 2 aromatic heterocycles. The Morgan fingerprint density at radius 2 is 2.12 bits per heavy atom. The SMILES string of the molecule is CCc1cc(OCCC2CCN(c3ccc(C)nn3)CC2)sc1C(=O)O. The molecule has 26 heavy (non-hydrogen) atoms.